The summed E-state index contributed by atoms with van der Waals surface area (Å²) in [6.07, 6.45) is -9.83. The molecule has 0 N–H and O–H groups in total. The van der Waals surface area contributed by atoms with E-state index < -0.39 is 72.7 Å². The average molecular weight is 599 g/mol. The van der Waals surface area contributed by atoms with E-state index in [-0.39, 0.29) is 17.2 Å². The second kappa shape index (κ2) is 11.1. The Bertz CT molecular complexity index is 1380. The number of rotatable bonds is 8. The molecule has 2 aliphatic rings. The van der Waals surface area contributed by atoms with E-state index in [4.69, 9.17) is 9.47 Å². The van der Waals surface area contributed by atoms with Gasteiger partial charge in [0.15, 0.2) is 24.2 Å². The van der Waals surface area contributed by atoms with Crippen molar-refractivity contribution in [2.24, 2.45) is 16.3 Å². The van der Waals surface area contributed by atoms with E-state index in [2.05, 4.69) is 21.0 Å². The molecule has 8 nitrogen and oxygen atoms in total. The van der Waals surface area contributed by atoms with Crippen molar-refractivity contribution in [3.05, 3.63) is 78.4 Å². The Hall–Kier alpha value is -4.36. The number of cyclic esters (lactones) is 1. The average Bonchev–Trinajstić information content (AvgIpc) is 3.45. The standard InChI is InChI=1S/C28H23F6NO7/c1-3-18-13-25(22(36)40-14-26(29,30)31,23(37)41-15-27(32,33)34)20(17-10-7-11-19(12-17)39-2)28(18)24(38)42-21(35-28)16-8-5-4-6-9-16/h3-12,18,20H,1,13-15H2,2H3/t18-,20-,28+/m1/s1. The summed E-state index contributed by atoms with van der Waals surface area (Å²) >= 11 is 0. The summed E-state index contributed by atoms with van der Waals surface area (Å²) in [6, 6.07) is 13.3. The monoisotopic (exact) mass is 599 g/mol. The number of ether oxygens (including phenoxy) is 4. The molecule has 1 aliphatic heterocycles. The number of nitrogens with zero attached hydrogens (tertiary/aromatic N) is 1. The van der Waals surface area contributed by atoms with Gasteiger partial charge in [0.1, 0.15) is 5.75 Å². The summed E-state index contributed by atoms with van der Waals surface area (Å²) in [7, 11) is 1.27. The highest BCUT2D eigenvalue weighted by molar-refractivity contribution is 6.11. The van der Waals surface area contributed by atoms with Crippen LogP contribution in [0.4, 0.5) is 26.3 Å². The van der Waals surface area contributed by atoms with Crippen LogP contribution < -0.4 is 4.74 Å². The molecule has 42 heavy (non-hydrogen) atoms. The number of benzene rings is 2. The first-order valence-corrected chi connectivity index (χ1v) is 12.3. The molecule has 14 heteroatoms. The Morgan fingerprint density at radius 2 is 1.60 bits per heavy atom. The fourth-order valence-electron chi connectivity index (χ4n) is 5.40. The fourth-order valence-corrected chi connectivity index (χ4v) is 5.40. The van der Waals surface area contributed by atoms with Gasteiger partial charge in [-0.2, -0.15) is 26.3 Å². The third-order valence-corrected chi connectivity index (χ3v) is 7.04. The number of aliphatic imine (C=N–C) groups is 1. The van der Waals surface area contributed by atoms with Gasteiger partial charge in [-0.15, -0.1) is 6.58 Å². The summed E-state index contributed by atoms with van der Waals surface area (Å²) < 4.78 is 98.4. The number of carbonyl (C=O) groups excluding carboxylic acids is 3. The Morgan fingerprint density at radius 1 is 1.00 bits per heavy atom. The van der Waals surface area contributed by atoms with Crippen molar-refractivity contribution in [3.63, 3.8) is 0 Å². The molecule has 224 valence electrons. The number of methoxy groups -OCH3 is 1. The molecule has 2 aromatic carbocycles. The maximum absolute atomic E-state index is 13.8. The molecule has 1 saturated carbocycles. The minimum absolute atomic E-state index is 0.0679. The molecule has 0 amide bonds. The van der Waals surface area contributed by atoms with Crippen molar-refractivity contribution in [2.75, 3.05) is 20.3 Å². The number of hydrogen-bond donors (Lipinski definition) is 0. The Balaban J connectivity index is 2.01. The lowest BCUT2D eigenvalue weighted by molar-refractivity contribution is -0.207. The first kappa shape index (κ1) is 30.6. The molecule has 0 aromatic heterocycles. The van der Waals surface area contributed by atoms with Gasteiger partial charge in [-0.25, -0.2) is 9.79 Å². The molecule has 0 unspecified atom stereocenters. The van der Waals surface area contributed by atoms with Crippen molar-refractivity contribution >= 4 is 23.8 Å². The van der Waals surface area contributed by atoms with Crippen LogP contribution in [-0.2, 0) is 28.6 Å². The number of halogens is 6. The Labute approximate surface area is 234 Å². The fraction of sp³-hybridized carbons (Fsp3) is 0.357. The minimum Gasteiger partial charge on any atom is -0.497 e. The van der Waals surface area contributed by atoms with Crippen LogP contribution in [0.2, 0.25) is 0 Å². The second-order valence-electron chi connectivity index (χ2n) is 9.61. The maximum atomic E-state index is 13.8. The molecular weight excluding hydrogens is 576 g/mol. The van der Waals surface area contributed by atoms with E-state index in [1.54, 1.807) is 18.2 Å². The molecule has 3 atom stereocenters. The highest BCUT2D eigenvalue weighted by Crippen LogP contribution is 2.63. The summed E-state index contributed by atoms with van der Waals surface area (Å²) in [5, 5.41) is 0. The van der Waals surface area contributed by atoms with Crippen molar-refractivity contribution in [1.29, 1.82) is 0 Å². The quantitative estimate of drug-likeness (QED) is 0.140. The van der Waals surface area contributed by atoms with Gasteiger partial charge in [-0.1, -0.05) is 36.4 Å². The van der Waals surface area contributed by atoms with Crippen molar-refractivity contribution < 1.29 is 59.7 Å². The van der Waals surface area contributed by atoms with Crippen molar-refractivity contribution in [2.45, 2.75) is 30.2 Å². The summed E-state index contributed by atoms with van der Waals surface area (Å²) in [6.45, 7) is -0.689. The van der Waals surface area contributed by atoms with E-state index in [9.17, 15) is 40.7 Å². The largest absolute Gasteiger partial charge is 0.497 e. The SMILES string of the molecule is C=C[C@@H]1CC(C(=O)OCC(F)(F)F)(C(=O)OCC(F)(F)F)[C@@H](c2cccc(OC)c2)[C@@]12N=C(c1ccccc1)OC2=O. The first-order valence-electron chi connectivity index (χ1n) is 12.3. The Kier molecular flexibility index (Phi) is 8.11. The zero-order valence-electron chi connectivity index (χ0n) is 21.8. The zero-order chi connectivity index (χ0) is 30.9. The normalized spacial score (nSPS) is 23.2. The van der Waals surface area contributed by atoms with Crippen LogP contribution >= 0.6 is 0 Å². The highest BCUT2D eigenvalue weighted by atomic mass is 19.4. The molecule has 1 heterocycles. The van der Waals surface area contributed by atoms with Gasteiger partial charge in [0.05, 0.1) is 7.11 Å². The number of alkyl halides is 6. The van der Waals surface area contributed by atoms with Gasteiger partial charge in [-0.3, -0.25) is 9.59 Å². The molecule has 2 aromatic rings. The van der Waals surface area contributed by atoms with Crippen LogP contribution in [0.1, 0.15) is 23.5 Å². The van der Waals surface area contributed by atoms with E-state index >= 15 is 0 Å². The van der Waals surface area contributed by atoms with Crippen LogP contribution in [0.15, 0.2) is 72.2 Å². The lowest BCUT2D eigenvalue weighted by Gasteiger charge is -2.35. The Morgan fingerprint density at radius 3 is 2.12 bits per heavy atom. The number of hydrogen-bond acceptors (Lipinski definition) is 8. The van der Waals surface area contributed by atoms with Crippen LogP contribution in [-0.4, -0.2) is 62.0 Å². The van der Waals surface area contributed by atoms with Crippen LogP contribution in [0.5, 0.6) is 5.75 Å². The summed E-state index contributed by atoms with van der Waals surface area (Å²) in [5.74, 6) is -8.15. The minimum atomic E-state index is -5.06. The van der Waals surface area contributed by atoms with Crippen molar-refractivity contribution in [3.8, 4) is 5.75 Å². The third kappa shape index (κ3) is 5.57. The van der Waals surface area contributed by atoms with Crippen LogP contribution in [0.25, 0.3) is 0 Å². The van der Waals surface area contributed by atoms with E-state index in [0.717, 1.165) is 6.08 Å². The lowest BCUT2D eigenvalue weighted by Crippen LogP contribution is -2.51. The summed E-state index contributed by atoms with van der Waals surface area (Å²) in [4.78, 5) is 45.5. The van der Waals surface area contributed by atoms with Gasteiger partial charge in [0, 0.05) is 17.4 Å². The molecule has 0 bridgehead atoms. The van der Waals surface area contributed by atoms with E-state index in [1.165, 1.54) is 43.5 Å². The lowest BCUT2D eigenvalue weighted by atomic mass is 9.68. The maximum Gasteiger partial charge on any atom is 0.422 e. The van der Waals surface area contributed by atoms with Crippen LogP contribution in [0.3, 0.4) is 0 Å². The number of esters is 3. The van der Waals surface area contributed by atoms with Gasteiger partial charge in [0.2, 0.25) is 5.90 Å². The van der Waals surface area contributed by atoms with Crippen LogP contribution in [0, 0.1) is 11.3 Å². The predicted octanol–water partition coefficient (Wildman–Crippen LogP) is 4.92. The van der Waals surface area contributed by atoms with E-state index in [0.29, 0.717) is 5.56 Å². The topological polar surface area (TPSA) is 100 Å². The van der Waals surface area contributed by atoms with Gasteiger partial charge in [0.25, 0.3) is 0 Å². The molecule has 4 rings (SSSR count). The second-order valence-corrected chi connectivity index (χ2v) is 9.61. The predicted molar refractivity (Wildman–Crippen MR) is 132 cm³/mol. The molecule has 0 radical (unpaired) electrons. The third-order valence-electron chi connectivity index (χ3n) is 7.04. The molecule has 1 spiro atoms. The van der Waals surface area contributed by atoms with Crippen molar-refractivity contribution in [1.82, 2.24) is 0 Å². The smallest absolute Gasteiger partial charge is 0.422 e. The molecule has 1 aliphatic carbocycles. The van der Waals surface area contributed by atoms with Gasteiger partial charge < -0.3 is 18.9 Å². The molecule has 0 saturated heterocycles. The molecular formula is C28H23F6NO7. The number of carbonyl (C=O) groups is 3. The molecule has 1 fully saturated rings. The van der Waals surface area contributed by atoms with Gasteiger partial charge in [-0.05, 0) is 36.2 Å². The first-order chi connectivity index (χ1) is 19.7. The highest BCUT2D eigenvalue weighted by Gasteiger charge is 2.75. The van der Waals surface area contributed by atoms with Gasteiger partial charge >= 0.3 is 30.3 Å². The van der Waals surface area contributed by atoms with E-state index in [1.807, 2.05) is 0 Å². The zero-order valence-corrected chi connectivity index (χ0v) is 21.8. The summed E-state index contributed by atoms with van der Waals surface area (Å²) in [5.41, 5.74) is -4.96.